The summed E-state index contributed by atoms with van der Waals surface area (Å²) in [5.41, 5.74) is 1.31. The van der Waals surface area contributed by atoms with E-state index in [1.54, 1.807) is 7.11 Å². The highest BCUT2D eigenvalue weighted by Gasteiger charge is 2.72. The molecule has 0 saturated heterocycles. The molecule has 0 bridgehead atoms. The molecule has 0 aliphatic heterocycles. The number of hydrogen-bond acceptors (Lipinski definition) is 4. The summed E-state index contributed by atoms with van der Waals surface area (Å²) in [5.74, 6) is 5.93. The molecule has 4 nitrogen and oxygen atoms in total. The van der Waals surface area contributed by atoms with E-state index >= 15 is 0 Å². The first kappa shape index (κ1) is 32.2. The van der Waals surface area contributed by atoms with Gasteiger partial charge >= 0.3 is 5.97 Å². The van der Waals surface area contributed by atoms with Crippen LogP contribution in [0.25, 0.3) is 0 Å². The minimum absolute atomic E-state index is 0.0429. The van der Waals surface area contributed by atoms with Crippen molar-refractivity contribution in [2.24, 2.45) is 56.7 Å². The van der Waals surface area contributed by atoms with Crippen LogP contribution in [0.15, 0.2) is 43.0 Å². The van der Waals surface area contributed by atoms with Crippen LogP contribution >= 0.6 is 0 Å². The number of terminal acetylenes is 1. The van der Waals surface area contributed by atoms with Crippen molar-refractivity contribution in [2.75, 3.05) is 7.11 Å². The van der Waals surface area contributed by atoms with E-state index in [4.69, 9.17) is 15.9 Å². The molecule has 1 aromatic rings. The van der Waals surface area contributed by atoms with Crippen LogP contribution in [0.1, 0.15) is 104 Å². The van der Waals surface area contributed by atoms with Gasteiger partial charge in [-0.2, -0.15) is 0 Å². The molecule has 242 valence electrons. The number of methoxy groups -OCH3 is 1. The van der Waals surface area contributed by atoms with Gasteiger partial charge in [0.15, 0.2) is 17.3 Å². The van der Waals surface area contributed by atoms with Gasteiger partial charge in [-0.3, -0.25) is 9.59 Å². The maximum absolute atomic E-state index is 14.6. The summed E-state index contributed by atoms with van der Waals surface area (Å²) in [4.78, 5) is 27.8. The lowest BCUT2D eigenvalue weighted by atomic mass is 9.32. The van der Waals surface area contributed by atoms with Crippen LogP contribution in [-0.4, -0.2) is 18.9 Å². The number of esters is 1. The molecule has 5 aliphatic carbocycles. The van der Waals surface area contributed by atoms with Gasteiger partial charge in [0.05, 0.1) is 17.9 Å². The van der Waals surface area contributed by atoms with Gasteiger partial charge in [0.1, 0.15) is 0 Å². The second-order valence-corrected chi connectivity index (χ2v) is 16.5. The van der Waals surface area contributed by atoms with Crippen LogP contribution in [0.2, 0.25) is 0 Å². The van der Waals surface area contributed by atoms with Crippen molar-refractivity contribution in [1.29, 1.82) is 0 Å². The summed E-state index contributed by atoms with van der Waals surface area (Å²) in [7, 11) is 1.63. The molecule has 5 saturated carbocycles. The van der Waals surface area contributed by atoms with Gasteiger partial charge in [-0.1, -0.05) is 51.0 Å². The van der Waals surface area contributed by atoms with Gasteiger partial charge in [0.25, 0.3) is 0 Å². The Morgan fingerprint density at radius 3 is 2.42 bits per heavy atom. The number of ether oxygens (including phenoxy) is 2. The fourth-order valence-electron chi connectivity index (χ4n) is 12.5. The van der Waals surface area contributed by atoms with Gasteiger partial charge in [-0.05, 0) is 142 Å². The molecule has 6 rings (SSSR count). The Bertz CT molecular complexity index is 1470. The van der Waals surface area contributed by atoms with Gasteiger partial charge in [0, 0.05) is 6.42 Å². The Morgan fingerprint density at radius 2 is 1.76 bits per heavy atom. The average Bonchev–Trinajstić information content (AvgIpc) is 3.42. The molecule has 0 radical (unpaired) electrons. The number of Topliss-reactive ketones (excluding diaryl/α,β-unsaturated/α-hetero) is 1. The van der Waals surface area contributed by atoms with Gasteiger partial charge < -0.3 is 9.47 Å². The van der Waals surface area contributed by atoms with E-state index in [-0.39, 0.29) is 39.8 Å². The predicted octanol–water partition coefficient (Wildman–Crippen LogP) is 9.17. The summed E-state index contributed by atoms with van der Waals surface area (Å²) >= 11 is 0. The SMILES string of the molecule is C#C[C@]1(C)C(=O)CCC2(C)C1CC[C@]1(C)C2CCC2C3[C@H](C(=C)C)CCC3(C(=O)Oc3ccc(CC=C)cc3OC)CC[C@]21C. The van der Waals surface area contributed by atoms with E-state index in [1.165, 1.54) is 5.57 Å². The minimum atomic E-state index is -0.668. The lowest BCUT2D eigenvalue weighted by Gasteiger charge is -2.72. The van der Waals surface area contributed by atoms with Crippen molar-refractivity contribution in [1.82, 2.24) is 0 Å². The zero-order valence-electron chi connectivity index (χ0n) is 28.6. The first-order valence-electron chi connectivity index (χ1n) is 17.4. The van der Waals surface area contributed by atoms with Crippen molar-refractivity contribution in [3.8, 4) is 23.8 Å². The Morgan fingerprint density at radius 1 is 1.00 bits per heavy atom. The fraction of sp³-hybridized carbons (Fsp3) is 0.659. The maximum Gasteiger partial charge on any atom is 0.317 e. The smallest absolute Gasteiger partial charge is 0.317 e. The van der Waals surface area contributed by atoms with Crippen LogP contribution in [0, 0.1) is 69.0 Å². The molecular formula is C41H54O4. The number of carbonyl (C=O) groups excluding carboxylic acids is 2. The number of allylic oxidation sites excluding steroid dienone is 2. The van der Waals surface area contributed by atoms with Gasteiger partial charge in [0.2, 0.25) is 0 Å². The van der Waals surface area contributed by atoms with Crippen molar-refractivity contribution in [3.05, 3.63) is 48.6 Å². The number of ketones is 1. The molecule has 0 aromatic heterocycles. The molecule has 0 amide bonds. The molecule has 5 fully saturated rings. The molecule has 10 atom stereocenters. The molecular weight excluding hydrogens is 556 g/mol. The Labute approximate surface area is 271 Å². The first-order valence-corrected chi connectivity index (χ1v) is 17.4. The highest BCUT2D eigenvalue weighted by molar-refractivity contribution is 5.89. The van der Waals surface area contributed by atoms with Crippen molar-refractivity contribution in [3.63, 3.8) is 0 Å². The van der Waals surface area contributed by atoms with E-state index in [1.807, 2.05) is 31.2 Å². The van der Waals surface area contributed by atoms with E-state index < -0.39 is 10.8 Å². The maximum atomic E-state index is 14.6. The molecule has 0 spiro atoms. The number of hydrogen-bond donors (Lipinski definition) is 0. The van der Waals surface area contributed by atoms with Crippen molar-refractivity contribution in [2.45, 2.75) is 105 Å². The van der Waals surface area contributed by atoms with Crippen LogP contribution in [0.5, 0.6) is 11.5 Å². The lowest BCUT2D eigenvalue weighted by Crippen LogP contribution is -2.67. The minimum Gasteiger partial charge on any atom is -0.493 e. The van der Waals surface area contributed by atoms with Crippen LogP contribution in [0.4, 0.5) is 0 Å². The first-order chi connectivity index (χ1) is 21.3. The van der Waals surface area contributed by atoms with E-state index in [0.717, 1.165) is 69.8 Å². The van der Waals surface area contributed by atoms with Crippen molar-refractivity contribution < 1.29 is 19.1 Å². The highest BCUT2D eigenvalue weighted by Crippen LogP contribution is 2.77. The second-order valence-electron chi connectivity index (χ2n) is 16.5. The zero-order valence-corrected chi connectivity index (χ0v) is 28.6. The van der Waals surface area contributed by atoms with Crippen LogP contribution in [0.3, 0.4) is 0 Å². The molecule has 0 N–H and O–H groups in total. The third-order valence-electron chi connectivity index (χ3n) is 15.0. The number of benzene rings is 1. The molecule has 1 aromatic carbocycles. The normalized spacial score (nSPS) is 43.5. The monoisotopic (exact) mass is 610 g/mol. The van der Waals surface area contributed by atoms with Gasteiger partial charge in [-0.25, -0.2) is 0 Å². The van der Waals surface area contributed by atoms with E-state index in [9.17, 15) is 9.59 Å². The van der Waals surface area contributed by atoms with Crippen LogP contribution < -0.4 is 9.47 Å². The summed E-state index contributed by atoms with van der Waals surface area (Å²) in [6.45, 7) is 20.1. The molecule has 4 heteroatoms. The molecule has 5 aliphatic rings. The summed E-state index contributed by atoms with van der Waals surface area (Å²) < 4.78 is 12.0. The van der Waals surface area contributed by atoms with E-state index in [0.29, 0.717) is 35.7 Å². The van der Waals surface area contributed by atoms with E-state index in [2.05, 4.69) is 46.8 Å². The molecule has 0 heterocycles. The van der Waals surface area contributed by atoms with Crippen LogP contribution in [-0.2, 0) is 16.0 Å². The van der Waals surface area contributed by atoms with Gasteiger partial charge in [-0.15, -0.1) is 13.0 Å². The fourth-order valence-corrected chi connectivity index (χ4v) is 12.5. The van der Waals surface area contributed by atoms with Crippen molar-refractivity contribution >= 4 is 11.8 Å². The quantitative estimate of drug-likeness (QED) is 0.139. The standard InChI is InChI=1S/C41H54O4/c1-10-12-27-13-15-30(31(25-27)44-9)45-36(43)41-22-17-28(26(3)4)35(41)29-14-16-33-38(6)20-19-34(42)37(5,11-2)32(38)18-21-40(33,8)39(29,7)23-24-41/h2,10,13,15,25,28-29,32-33,35H,1,3,12,14,16-24H2,4-9H3/t28-,29?,32?,33?,35?,37-,38?,39+,40+,41?/m0/s1. The Kier molecular flexibility index (Phi) is 7.78. The summed E-state index contributed by atoms with van der Waals surface area (Å²) in [6, 6.07) is 5.82. The average molecular weight is 611 g/mol. The molecule has 45 heavy (non-hydrogen) atoms. The number of fused-ring (bicyclic) bond motifs is 7. The number of carbonyl (C=O) groups is 2. The topological polar surface area (TPSA) is 52.6 Å². The second kappa shape index (κ2) is 10.9. The number of rotatable bonds is 6. The largest absolute Gasteiger partial charge is 0.493 e. The predicted molar refractivity (Wildman–Crippen MR) is 180 cm³/mol. The highest BCUT2D eigenvalue weighted by atomic mass is 16.6. The third-order valence-corrected chi connectivity index (χ3v) is 15.0. The molecule has 6 unspecified atom stereocenters. The summed E-state index contributed by atoms with van der Waals surface area (Å²) in [5, 5.41) is 0. The third kappa shape index (κ3) is 4.31. The lowest BCUT2D eigenvalue weighted by molar-refractivity contribution is -0.232. The summed E-state index contributed by atoms with van der Waals surface area (Å²) in [6.07, 6.45) is 18.3. The Balaban J connectivity index is 1.36. The Hall–Kier alpha value is -2.80. The zero-order chi connectivity index (χ0) is 32.6.